The molecule has 0 aromatic heterocycles. The topological polar surface area (TPSA) is 101 Å². The molecule has 0 aliphatic carbocycles. The summed E-state index contributed by atoms with van der Waals surface area (Å²) in [5.74, 6) is -1.95. The Morgan fingerprint density at radius 3 is 2.19 bits per heavy atom. The van der Waals surface area contributed by atoms with Crippen LogP contribution in [0.3, 0.4) is 0 Å². The Labute approximate surface area is 95.0 Å². The Hall–Kier alpha value is -1.11. The summed E-state index contributed by atoms with van der Waals surface area (Å²) in [5, 5.41) is 11.1. The predicted octanol–water partition coefficient (Wildman–Crippen LogP) is -0.209. The molecule has 0 spiro atoms. The molecule has 6 nitrogen and oxygen atoms in total. The number of carboxylic acids is 1. The zero-order chi connectivity index (χ0) is 13.0. The van der Waals surface area contributed by atoms with Crippen molar-refractivity contribution in [3.63, 3.8) is 0 Å². The molecule has 16 heavy (non-hydrogen) atoms. The van der Waals surface area contributed by atoms with Crippen molar-refractivity contribution in [2.24, 2.45) is 0 Å². The van der Waals surface area contributed by atoms with Crippen molar-refractivity contribution in [2.45, 2.75) is 31.4 Å². The van der Waals surface area contributed by atoms with Gasteiger partial charge in [-0.25, -0.2) is 8.42 Å². The highest BCUT2D eigenvalue weighted by atomic mass is 32.2. The van der Waals surface area contributed by atoms with Gasteiger partial charge in [0, 0.05) is 13.5 Å². The van der Waals surface area contributed by atoms with Gasteiger partial charge in [-0.05, 0) is 20.3 Å². The lowest BCUT2D eigenvalue weighted by molar-refractivity contribution is -0.139. The summed E-state index contributed by atoms with van der Waals surface area (Å²) in [6, 6.07) is 0. The van der Waals surface area contributed by atoms with E-state index in [2.05, 4.69) is 5.32 Å². The van der Waals surface area contributed by atoms with E-state index in [0.717, 1.165) is 13.8 Å². The molecular weight excluding hydrogens is 234 g/mol. The van der Waals surface area contributed by atoms with Gasteiger partial charge in [0.1, 0.15) is 0 Å². The van der Waals surface area contributed by atoms with E-state index in [1.807, 2.05) is 0 Å². The molecule has 0 saturated heterocycles. The summed E-state index contributed by atoms with van der Waals surface area (Å²) in [6.45, 7) is 2.29. The minimum Gasteiger partial charge on any atom is -0.480 e. The van der Waals surface area contributed by atoms with Crippen LogP contribution in [0.25, 0.3) is 0 Å². The van der Waals surface area contributed by atoms with Crippen LogP contribution >= 0.6 is 0 Å². The fraction of sp³-hybridized carbons (Fsp3) is 0.778. The van der Waals surface area contributed by atoms with Crippen molar-refractivity contribution in [3.05, 3.63) is 0 Å². The number of amides is 1. The number of rotatable bonds is 6. The first-order valence-electron chi connectivity index (χ1n) is 4.81. The number of carboxylic acid groups (broad SMARTS) is 1. The van der Waals surface area contributed by atoms with Crippen LogP contribution in [0.15, 0.2) is 0 Å². The molecule has 0 aliphatic rings. The van der Waals surface area contributed by atoms with E-state index >= 15 is 0 Å². The van der Waals surface area contributed by atoms with Gasteiger partial charge in [-0.1, -0.05) is 0 Å². The summed E-state index contributed by atoms with van der Waals surface area (Å²) in [4.78, 5) is 21.6. The van der Waals surface area contributed by atoms with Crippen LogP contribution in [0.5, 0.6) is 0 Å². The Morgan fingerprint density at radius 2 is 1.81 bits per heavy atom. The quantitative estimate of drug-likeness (QED) is 0.680. The Balaban J connectivity index is 4.49. The second kappa shape index (κ2) is 5.29. The van der Waals surface area contributed by atoms with Crippen LogP contribution in [0, 0.1) is 0 Å². The Kier molecular flexibility index (Phi) is 4.92. The molecule has 94 valence electrons. The third kappa shape index (κ3) is 3.48. The van der Waals surface area contributed by atoms with Gasteiger partial charge >= 0.3 is 5.97 Å². The first-order valence-corrected chi connectivity index (χ1v) is 6.46. The van der Waals surface area contributed by atoms with E-state index in [4.69, 9.17) is 5.11 Å². The molecule has 7 heteroatoms. The SMILES string of the molecule is CNC(=O)CCCS(=O)(=O)C(C)(C)C(=O)O. The number of sulfone groups is 1. The molecule has 0 unspecified atom stereocenters. The average Bonchev–Trinajstić information content (AvgIpc) is 2.16. The molecule has 0 radical (unpaired) electrons. The number of hydrogen-bond acceptors (Lipinski definition) is 4. The maximum absolute atomic E-state index is 11.7. The molecule has 1 amide bonds. The monoisotopic (exact) mass is 251 g/mol. The van der Waals surface area contributed by atoms with Gasteiger partial charge < -0.3 is 10.4 Å². The van der Waals surface area contributed by atoms with Gasteiger partial charge in [0.15, 0.2) is 14.6 Å². The molecule has 0 bridgehead atoms. The molecule has 0 aliphatic heterocycles. The molecule has 0 rings (SSSR count). The standard InChI is InChI=1S/C9H17NO5S/c1-9(2,8(12)13)16(14,15)6-4-5-7(11)10-3/h4-6H2,1-3H3,(H,10,11)(H,12,13). The molecule has 0 aromatic rings. The number of nitrogens with one attached hydrogen (secondary N) is 1. The molecule has 2 N–H and O–H groups in total. The lowest BCUT2D eigenvalue weighted by atomic mass is 10.2. The summed E-state index contributed by atoms with van der Waals surface area (Å²) < 4.78 is 21.5. The van der Waals surface area contributed by atoms with Gasteiger partial charge in [-0.3, -0.25) is 9.59 Å². The van der Waals surface area contributed by atoms with Gasteiger partial charge in [-0.15, -0.1) is 0 Å². The molecule has 0 heterocycles. The van der Waals surface area contributed by atoms with Crippen molar-refractivity contribution in [2.75, 3.05) is 12.8 Å². The van der Waals surface area contributed by atoms with E-state index in [1.54, 1.807) is 0 Å². The van der Waals surface area contributed by atoms with Gasteiger partial charge in [0.25, 0.3) is 0 Å². The second-order valence-corrected chi connectivity index (χ2v) is 6.57. The first kappa shape index (κ1) is 14.9. The van der Waals surface area contributed by atoms with Crippen LogP contribution in [-0.4, -0.2) is 42.9 Å². The van der Waals surface area contributed by atoms with Crippen LogP contribution < -0.4 is 5.32 Å². The van der Waals surface area contributed by atoms with Crippen LogP contribution in [0.4, 0.5) is 0 Å². The summed E-state index contributed by atoms with van der Waals surface area (Å²) in [5.41, 5.74) is 0. The average molecular weight is 251 g/mol. The maximum Gasteiger partial charge on any atom is 0.324 e. The van der Waals surface area contributed by atoms with Gasteiger partial charge in [0.2, 0.25) is 5.91 Å². The predicted molar refractivity (Wildman–Crippen MR) is 58.8 cm³/mol. The largest absolute Gasteiger partial charge is 0.480 e. The smallest absolute Gasteiger partial charge is 0.324 e. The van der Waals surface area contributed by atoms with Gasteiger partial charge in [0.05, 0.1) is 5.75 Å². The van der Waals surface area contributed by atoms with E-state index in [9.17, 15) is 18.0 Å². The fourth-order valence-corrected chi connectivity index (χ4v) is 2.24. The highest BCUT2D eigenvalue weighted by Gasteiger charge is 2.41. The summed E-state index contributed by atoms with van der Waals surface area (Å²) in [7, 11) is -2.29. The maximum atomic E-state index is 11.7. The van der Waals surface area contributed by atoms with E-state index in [1.165, 1.54) is 7.05 Å². The van der Waals surface area contributed by atoms with Crippen LogP contribution in [-0.2, 0) is 19.4 Å². The van der Waals surface area contributed by atoms with Gasteiger partial charge in [-0.2, -0.15) is 0 Å². The zero-order valence-electron chi connectivity index (χ0n) is 9.61. The lowest BCUT2D eigenvalue weighted by Gasteiger charge is -2.19. The third-order valence-corrected chi connectivity index (χ3v) is 4.94. The van der Waals surface area contributed by atoms with Crippen molar-refractivity contribution in [1.29, 1.82) is 0 Å². The highest BCUT2D eigenvalue weighted by Crippen LogP contribution is 2.18. The first-order chi connectivity index (χ1) is 7.15. The van der Waals surface area contributed by atoms with Crippen LogP contribution in [0.2, 0.25) is 0 Å². The second-order valence-electron chi connectivity index (χ2n) is 3.91. The Bertz CT molecular complexity index is 371. The lowest BCUT2D eigenvalue weighted by Crippen LogP contribution is -2.42. The van der Waals surface area contributed by atoms with Crippen molar-refractivity contribution in [3.8, 4) is 0 Å². The molecule has 0 atom stereocenters. The number of carbonyl (C=O) groups is 2. The number of hydrogen-bond donors (Lipinski definition) is 2. The minimum atomic E-state index is -3.74. The van der Waals surface area contributed by atoms with Crippen molar-refractivity contribution >= 4 is 21.7 Å². The summed E-state index contributed by atoms with van der Waals surface area (Å²) in [6.07, 6.45) is 0.199. The normalized spacial score (nSPS) is 12.2. The highest BCUT2D eigenvalue weighted by molar-refractivity contribution is 7.93. The number of carbonyl (C=O) groups excluding carboxylic acids is 1. The number of aliphatic carboxylic acids is 1. The van der Waals surface area contributed by atoms with Crippen molar-refractivity contribution in [1.82, 2.24) is 5.32 Å². The van der Waals surface area contributed by atoms with E-state index in [-0.39, 0.29) is 24.5 Å². The van der Waals surface area contributed by atoms with Crippen molar-refractivity contribution < 1.29 is 23.1 Å². The fourth-order valence-electron chi connectivity index (χ4n) is 0.936. The van der Waals surface area contributed by atoms with Crippen LogP contribution in [0.1, 0.15) is 26.7 Å². The molecule has 0 fully saturated rings. The third-order valence-electron chi connectivity index (χ3n) is 2.39. The molecular formula is C9H17NO5S. The molecule has 0 saturated carbocycles. The van der Waals surface area contributed by atoms with E-state index < -0.39 is 20.6 Å². The minimum absolute atomic E-state index is 0.0748. The van der Waals surface area contributed by atoms with E-state index in [0.29, 0.717) is 0 Å². The summed E-state index contributed by atoms with van der Waals surface area (Å²) >= 11 is 0. The molecule has 0 aromatic carbocycles. The Morgan fingerprint density at radius 1 is 1.31 bits per heavy atom. The zero-order valence-corrected chi connectivity index (χ0v) is 10.4.